The number of anilines is 1. The van der Waals surface area contributed by atoms with Crippen molar-refractivity contribution in [2.24, 2.45) is 0 Å². The van der Waals surface area contributed by atoms with Gasteiger partial charge in [-0.05, 0) is 29.8 Å². The number of aromatic nitrogens is 2. The van der Waals surface area contributed by atoms with Crippen LogP contribution in [0, 0.1) is 0 Å². The molecular weight excluding hydrogens is 356 g/mol. The number of carbonyl (C=O) groups is 1. The fourth-order valence-electron chi connectivity index (χ4n) is 2.77. The summed E-state index contributed by atoms with van der Waals surface area (Å²) in [6.45, 7) is 0.232. The molecular formula is C21H18N4O3. The van der Waals surface area contributed by atoms with E-state index in [2.05, 4.69) is 20.8 Å². The van der Waals surface area contributed by atoms with Crippen molar-refractivity contribution >= 4 is 11.6 Å². The summed E-state index contributed by atoms with van der Waals surface area (Å²) in [6, 6.07) is 21.7. The third kappa shape index (κ3) is 4.16. The highest BCUT2D eigenvalue weighted by Crippen LogP contribution is 2.18. The Morgan fingerprint density at radius 3 is 2.43 bits per heavy atom. The molecule has 140 valence electrons. The lowest BCUT2D eigenvalue weighted by Gasteiger charge is -2.18. The van der Waals surface area contributed by atoms with Crippen molar-refractivity contribution in [2.45, 2.75) is 12.6 Å². The normalized spacial score (nSPS) is 11.9. The summed E-state index contributed by atoms with van der Waals surface area (Å²) in [5.41, 5.74) is 1.56. The van der Waals surface area contributed by atoms with E-state index in [1.54, 1.807) is 18.4 Å². The number of rotatable bonds is 7. The average Bonchev–Trinajstić information content (AvgIpc) is 3.42. The SMILES string of the molecule is O=C(Nc1ccccc1)[C@@H](NCc1nc(-c2ccco2)no1)c1ccccc1. The number of hydrogen-bond donors (Lipinski definition) is 2. The number of amides is 1. The molecule has 0 aliphatic rings. The molecule has 0 aliphatic heterocycles. The zero-order valence-electron chi connectivity index (χ0n) is 14.9. The van der Waals surface area contributed by atoms with Crippen LogP contribution < -0.4 is 10.6 Å². The number of hydrogen-bond acceptors (Lipinski definition) is 6. The molecule has 7 heteroatoms. The Kier molecular flexibility index (Phi) is 5.26. The van der Waals surface area contributed by atoms with Gasteiger partial charge < -0.3 is 14.3 Å². The van der Waals surface area contributed by atoms with Gasteiger partial charge in [0.15, 0.2) is 5.76 Å². The zero-order chi connectivity index (χ0) is 19.2. The molecule has 0 saturated heterocycles. The van der Waals surface area contributed by atoms with Crippen molar-refractivity contribution in [3.05, 3.63) is 90.5 Å². The summed E-state index contributed by atoms with van der Waals surface area (Å²) < 4.78 is 10.5. The Morgan fingerprint density at radius 1 is 0.964 bits per heavy atom. The quantitative estimate of drug-likeness (QED) is 0.511. The van der Waals surface area contributed by atoms with Crippen molar-refractivity contribution in [3.8, 4) is 11.6 Å². The van der Waals surface area contributed by atoms with Crippen molar-refractivity contribution in [3.63, 3.8) is 0 Å². The topological polar surface area (TPSA) is 93.2 Å². The van der Waals surface area contributed by atoms with Crippen LogP contribution in [-0.4, -0.2) is 16.0 Å². The Bertz CT molecular complexity index is 1010. The fourth-order valence-corrected chi connectivity index (χ4v) is 2.77. The summed E-state index contributed by atoms with van der Waals surface area (Å²) in [7, 11) is 0. The lowest BCUT2D eigenvalue weighted by atomic mass is 10.1. The summed E-state index contributed by atoms with van der Waals surface area (Å²) >= 11 is 0. The molecule has 0 unspecified atom stereocenters. The first-order valence-corrected chi connectivity index (χ1v) is 8.80. The highest BCUT2D eigenvalue weighted by Gasteiger charge is 2.21. The Hall–Kier alpha value is -3.71. The van der Waals surface area contributed by atoms with Crippen LogP contribution in [0.4, 0.5) is 5.69 Å². The summed E-state index contributed by atoms with van der Waals surface area (Å²) in [6.07, 6.45) is 1.54. The van der Waals surface area contributed by atoms with E-state index in [4.69, 9.17) is 8.94 Å². The minimum absolute atomic E-state index is 0.178. The number of para-hydroxylation sites is 1. The highest BCUT2D eigenvalue weighted by atomic mass is 16.5. The maximum Gasteiger partial charge on any atom is 0.246 e. The molecule has 2 aromatic carbocycles. The van der Waals surface area contributed by atoms with Gasteiger partial charge in [-0.3, -0.25) is 10.1 Å². The van der Waals surface area contributed by atoms with Crippen LogP contribution in [0.1, 0.15) is 17.5 Å². The number of carbonyl (C=O) groups excluding carboxylic acids is 1. The van der Waals surface area contributed by atoms with Crippen molar-refractivity contribution in [2.75, 3.05) is 5.32 Å². The van der Waals surface area contributed by atoms with E-state index in [1.165, 1.54) is 0 Å². The molecule has 4 aromatic rings. The number of nitrogens with one attached hydrogen (secondary N) is 2. The predicted molar refractivity (Wildman–Crippen MR) is 103 cm³/mol. The lowest BCUT2D eigenvalue weighted by Crippen LogP contribution is -2.32. The average molecular weight is 374 g/mol. The highest BCUT2D eigenvalue weighted by molar-refractivity contribution is 5.95. The van der Waals surface area contributed by atoms with Gasteiger partial charge in [-0.15, -0.1) is 0 Å². The minimum Gasteiger partial charge on any atom is -0.461 e. The Balaban J connectivity index is 1.49. The monoisotopic (exact) mass is 374 g/mol. The van der Waals surface area contributed by atoms with Crippen LogP contribution in [-0.2, 0) is 11.3 Å². The first kappa shape index (κ1) is 17.7. The van der Waals surface area contributed by atoms with Crippen LogP contribution in [0.15, 0.2) is 88.0 Å². The third-order valence-corrected chi connectivity index (χ3v) is 4.10. The van der Waals surface area contributed by atoms with E-state index in [0.717, 1.165) is 11.3 Å². The van der Waals surface area contributed by atoms with Gasteiger partial charge in [-0.25, -0.2) is 0 Å². The molecule has 2 aromatic heterocycles. The molecule has 1 amide bonds. The largest absolute Gasteiger partial charge is 0.461 e. The second-order valence-electron chi connectivity index (χ2n) is 6.07. The van der Waals surface area contributed by atoms with Crippen molar-refractivity contribution in [1.82, 2.24) is 15.5 Å². The molecule has 0 aliphatic carbocycles. The molecule has 28 heavy (non-hydrogen) atoms. The van der Waals surface area contributed by atoms with Crippen molar-refractivity contribution < 1.29 is 13.7 Å². The van der Waals surface area contributed by atoms with E-state index in [-0.39, 0.29) is 12.5 Å². The van der Waals surface area contributed by atoms with Crippen molar-refractivity contribution in [1.29, 1.82) is 0 Å². The Labute approximate surface area is 161 Å². The second kappa shape index (κ2) is 8.32. The summed E-state index contributed by atoms with van der Waals surface area (Å²) in [5.74, 6) is 1.08. The summed E-state index contributed by atoms with van der Waals surface area (Å²) in [5, 5.41) is 10.0. The second-order valence-corrected chi connectivity index (χ2v) is 6.07. The molecule has 0 spiro atoms. The molecule has 2 heterocycles. The number of furan rings is 1. The molecule has 0 fully saturated rings. The van der Waals surface area contributed by atoms with Gasteiger partial charge in [0.1, 0.15) is 6.04 Å². The van der Waals surface area contributed by atoms with E-state index >= 15 is 0 Å². The number of nitrogens with zero attached hydrogens (tertiary/aromatic N) is 2. The predicted octanol–water partition coefficient (Wildman–Crippen LogP) is 3.80. The molecule has 0 saturated carbocycles. The fraction of sp³-hybridized carbons (Fsp3) is 0.0952. The maximum atomic E-state index is 12.9. The molecule has 0 bridgehead atoms. The van der Waals surface area contributed by atoms with Gasteiger partial charge in [-0.1, -0.05) is 53.7 Å². The Morgan fingerprint density at radius 2 is 1.71 bits per heavy atom. The van der Waals surface area contributed by atoms with E-state index in [0.29, 0.717) is 17.5 Å². The van der Waals surface area contributed by atoms with Gasteiger partial charge in [-0.2, -0.15) is 4.98 Å². The summed E-state index contributed by atoms with van der Waals surface area (Å²) in [4.78, 5) is 17.2. The third-order valence-electron chi connectivity index (χ3n) is 4.10. The van der Waals surface area contributed by atoms with Crippen LogP contribution in [0.25, 0.3) is 11.6 Å². The standard InChI is InChI=1S/C21H18N4O3/c26-21(23-16-10-5-2-6-11-16)19(15-8-3-1-4-9-15)22-14-18-24-20(25-28-18)17-12-7-13-27-17/h1-13,19,22H,14H2,(H,23,26)/t19-/m0/s1. The van der Waals surface area contributed by atoms with Gasteiger partial charge in [0, 0.05) is 5.69 Å². The van der Waals surface area contributed by atoms with E-state index in [1.807, 2.05) is 60.7 Å². The first-order chi connectivity index (χ1) is 13.8. The van der Waals surface area contributed by atoms with E-state index in [9.17, 15) is 4.79 Å². The van der Waals surface area contributed by atoms with Gasteiger partial charge in [0.25, 0.3) is 0 Å². The maximum absolute atomic E-state index is 12.9. The zero-order valence-corrected chi connectivity index (χ0v) is 14.9. The first-order valence-electron chi connectivity index (χ1n) is 8.80. The van der Waals surface area contributed by atoms with E-state index < -0.39 is 6.04 Å². The van der Waals surface area contributed by atoms with Gasteiger partial charge in [0.05, 0.1) is 12.8 Å². The van der Waals surface area contributed by atoms with Crippen LogP contribution in [0.3, 0.4) is 0 Å². The molecule has 1 atom stereocenters. The number of benzene rings is 2. The van der Waals surface area contributed by atoms with Gasteiger partial charge >= 0.3 is 0 Å². The molecule has 2 N–H and O–H groups in total. The molecule has 7 nitrogen and oxygen atoms in total. The molecule has 0 radical (unpaired) electrons. The van der Waals surface area contributed by atoms with Crippen LogP contribution >= 0.6 is 0 Å². The molecule has 4 rings (SSSR count). The van der Waals surface area contributed by atoms with Crippen LogP contribution in [0.2, 0.25) is 0 Å². The lowest BCUT2D eigenvalue weighted by molar-refractivity contribution is -0.118. The van der Waals surface area contributed by atoms with Gasteiger partial charge in [0.2, 0.25) is 17.6 Å². The smallest absolute Gasteiger partial charge is 0.246 e. The van der Waals surface area contributed by atoms with Crippen LogP contribution in [0.5, 0.6) is 0 Å². The minimum atomic E-state index is -0.583.